The lowest BCUT2D eigenvalue weighted by molar-refractivity contribution is -0.130. The third kappa shape index (κ3) is 3.39. The number of rotatable bonds is 2. The molecule has 0 aliphatic carbocycles. The molecule has 1 N–H and O–H groups in total. The molecule has 0 bridgehead atoms. The van der Waals surface area contributed by atoms with Gasteiger partial charge in [0.25, 0.3) is 0 Å². The van der Waals surface area contributed by atoms with E-state index in [2.05, 4.69) is 5.32 Å². The quantitative estimate of drug-likeness (QED) is 0.790. The van der Waals surface area contributed by atoms with E-state index in [1.54, 1.807) is 6.92 Å². The smallest absolute Gasteiger partial charge is 0.219 e. The van der Waals surface area contributed by atoms with E-state index in [1.807, 2.05) is 4.90 Å². The first kappa shape index (κ1) is 12.8. The van der Waals surface area contributed by atoms with E-state index in [4.69, 9.17) is 4.74 Å². The number of halogens is 1. The van der Waals surface area contributed by atoms with Crippen LogP contribution < -0.4 is 5.32 Å². The van der Waals surface area contributed by atoms with Gasteiger partial charge in [-0.1, -0.05) is 0 Å². The van der Waals surface area contributed by atoms with E-state index in [0.29, 0.717) is 12.6 Å². The summed E-state index contributed by atoms with van der Waals surface area (Å²) in [6.45, 7) is 3.68. The van der Waals surface area contributed by atoms with Gasteiger partial charge in [0.2, 0.25) is 12.3 Å². The van der Waals surface area contributed by atoms with Crippen LogP contribution in [-0.4, -0.2) is 48.9 Å². The van der Waals surface area contributed by atoms with E-state index in [0.717, 1.165) is 38.8 Å². The fourth-order valence-electron chi connectivity index (χ4n) is 2.57. The molecule has 1 amide bonds. The molecule has 0 aromatic rings. The average Bonchev–Trinajstić information content (AvgIpc) is 2.33. The summed E-state index contributed by atoms with van der Waals surface area (Å²) < 4.78 is 18.5. The number of carbonyl (C=O) groups excluding carboxylic acids is 1. The predicted octanol–water partition coefficient (Wildman–Crippen LogP) is 1.06. The van der Waals surface area contributed by atoms with Crippen molar-refractivity contribution in [3.8, 4) is 0 Å². The first-order valence-electron chi connectivity index (χ1n) is 6.44. The van der Waals surface area contributed by atoms with Gasteiger partial charge in [0.05, 0.1) is 12.6 Å². The van der Waals surface area contributed by atoms with Gasteiger partial charge in [-0.15, -0.1) is 0 Å². The third-order valence-corrected chi connectivity index (χ3v) is 3.64. The maximum atomic E-state index is 13.5. The average molecular weight is 244 g/mol. The molecule has 0 saturated carbocycles. The maximum absolute atomic E-state index is 13.5. The fraction of sp³-hybridized carbons (Fsp3) is 0.917. The highest BCUT2D eigenvalue weighted by molar-refractivity contribution is 5.73. The van der Waals surface area contributed by atoms with E-state index in [9.17, 15) is 9.18 Å². The van der Waals surface area contributed by atoms with E-state index >= 15 is 0 Å². The SMILES string of the molecule is CC(=O)N1CCC(NC2CCCOC2F)CC1. The van der Waals surface area contributed by atoms with Crippen LogP contribution >= 0.6 is 0 Å². The highest BCUT2D eigenvalue weighted by Crippen LogP contribution is 2.18. The molecule has 98 valence electrons. The summed E-state index contributed by atoms with van der Waals surface area (Å²) in [5.41, 5.74) is 0. The molecule has 0 spiro atoms. The van der Waals surface area contributed by atoms with Crippen LogP contribution in [0.5, 0.6) is 0 Å². The number of alkyl halides is 1. The fourth-order valence-corrected chi connectivity index (χ4v) is 2.57. The molecular formula is C12H21FN2O2. The Morgan fingerprint density at radius 1 is 1.35 bits per heavy atom. The summed E-state index contributed by atoms with van der Waals surface area (Å²) in [4.78, 5) is 13.0. The van der Waals surface area contributed by atoms with Gasteiger partial charge in [-0.2, -0.15) is 0 Å². The minimum absolute atomic E-state index is 0.132. The van der Waals surface area contributed by atoms with E-state index in [-0.39, 0.29) is 11.9 Å². The number of hydrogen-bond acceptors (Lipinski definition) is 3. The topological polar surface area (TPSA) is 41.6 Å². The zero-order valence-corrected chi connectivity index (χ0v) is 10.3. The van der Waals surface area contributed by atoms with Gasteiger partial charge in [-0.05, 0) is 25.7 Å². The predicted molar refractivity (Wildman–Crippen MR) is 62.3 cm³/mol. The van der Waals surface area contributed by atoms with Crippen LogP contribution in [0.2, 0.25) is 0 Å². The van der Waals surface area contributed by atoms with Crippen molar-refractivity contribution in [2.24, 2.45) is 0 Å². The normalized spacial score (nSPS) is 31.5. The third-order valence-electron chi connectivity index (χ3n) is 3.64. The molecule has 2 fully saturated rings. The van der Waals surface area contributed by atoms with Crippen LogP contribution in [0.25, 0.3) is 0 Å². The largest absolute Gasteiger partial charge is 0.347 e. The Balaban J connectivity index is 1.75. The second-order valence-corrected chi connectivity index (χ2v) is 4.92. The molecule has 2 aliphatic heterocycles. The van der Waals surface area contributed by atoms with Crippen molar-refractivity contribution in [1.82, 2.24) is 10.2 Å². The number of nitrogens with one attached hydrogen (secondary N) is 1. The molecule has 2 aliphatic rings. The Hall–Kier alpha value is -0.680. The highest BCUT2D eigenvalue weighted by atomic mass is 19.1. The monoisotopic (exact) mass is 244 g/mol. The summed E-state index contributed by atoms with van der Waals surface area (Å²) in [6, 6.07) is 0.146. The van der Waals surface area contributed by atoms with Crippen LogP contribution in [-0.2, 0) is 9.53 Å². The minimum atomic E-state index is -1.17. The number of nitrogens with zero attached hydrogens (tertiary/aromatic N) is 1. The maximum Gasteiger partial charge on any atom is 0.219 e. The summed E-state index contributed by atoms with van der Waals surface area (Å²) in [5.74, 6) is 0.132. The van der Waals surface area contributed by atoms with Gasteiger partial charge in [0.15, 0.2) is 0 Å². The molecule has 0 radical (unpaired) electrons. The van der Waals surface area contributed by atoms with Crippen LogP contribution in [0.3, 0.4) is 0 Å². The molecule has 4 nitrogen and oxygen atoms in total. The highest BCUT2D eigenvalue weighted by Gasteiger charge is 2.29. The van der Waals surface area contributed by atoms with Crippen molar-refractivity contribution in [1.29, 1.82) is 0 Å². The molecule has 5 heteroatoms. The summed E-state index contributed by atoms with van der Waals surface area (Å²) in [5, 5.41) is 3.33. The second-order valence-electron chi connectivity index (χ2n) is 4.92. The Morgan fingerprint density at radius 3 is 2.65 bits per heavy atom. The molecule has 2 rings (SSSR count). The molecule has 0 aromatic carbocycles. The number of carbonyl (C=O) groups is 1. The van der Waals surface area contributed by atoms with E-state index < -0.39 is 6.36 Å². The number of ether oxygens (including phenoxy) is 1. The van der Waals surface area contributed by atoms with Crippen LogP contribution in [0.4, 0.5) is 4.39 Å². The summed E-state index contributed by atoms with van der Waals surface area (Å²) in [6.07, 6.45) is 2.40. The minimum Gasteiger partial charge on any atom is -0.347 e. The first-order chi connectivity index (χ1) is 8.16. The van der Waals surface area contributed by atoms with E-state index in [1.165, 1.54) is 0 Å². The van der Waals surface area contributed by atoms with Gasteiger partial charge in [-0.25, -0.2) is 4.39 Å². The number of amides is 1. The van der Waals surface area contributed by atoms with Crippen molar-refractivity contribution in [3.05, 3.63) is 0 Å². The molecule has 0 aromatic heterocycles. The Bertz CT molecular complexity index is 267. The van der Waals surface area contributed by atoms with Crippen molar-refractivity contribution in [2.45, 2.75) is 51.0 Å². The number of hydrogen-bond donors (Lipinski definition) is 1. The first-order valence-corrected chi connectivity index (χ1v) is 6.44. The Morgan fingerprint density at radius 2 is 2.06 bits per heavy atom. The lowest BCUT2D eigenvalue weighted by Gasteiger charge is -2.36. The molecular weight excluding hydrogens is 223 g/mol. The number of likely N-dealkylation sites (tertiary alicyclic amines) is 1. The zero-order valence-electron chi connectivity index (χ0n) is 10.3. The van der Waals surface area contributed by atoms with Crippen LogP contribution in [0.15, 0.2) is 0 Å². The number of piperidine rings is 1. The molecule has 17 heavy (non-hydrogen) atoms. The summed E-state index contributed by atoms with van der Waals surface area (Å²) >= 11 is 0. The molecule has 2 atom stereocenters. The lowest BCUT2D eigenvalue weighted by Crippen LogP contribution is -2.51. The second kappa shape index (κ2) is 5.78. The summed E-state index contributed by atoms with van der Waals surface area (Å²) in [7, 11) is 0. The standard InChI is InChI=1S/C12H21FN2O2/c1-9(16)15-6-4-10(5-7-15)14-11-3-2-8-17-12(11)13/h10-12,14H,2-8H2,1H3. The van der Waals surface area contributed by atoms with Gasteiger partial charge in [-0.3, -0.25) is 4.79 Å². The van der Waals surface area contributed by atoms with Gasteiger partial charge in [0, 0.05) is 26.1 Å². The lowest BCUT2D eigenvalue weighted by atomic mass is 10.0. The van der Waals surface area contributed by atoms with Gasteiger partial charge < -0.3 is 15.0 Å². The van der Waals surface area contributed by atoms with Crippen molar-refractivity contribution >= 4 is 5.91 Å². The van der Waals surface area contributed by atoms with Crippen molar-refractivity contribution in [2.75, 3.05) is 19.7 Å². The van der Waals surface area contributed by atoms with Gasteiger partial charge >= 0.3 is 0 Å². The molecule has 2 heterocycles. The van der Waals surface area contributed by atoms with Crippen LogP contribution in [0, 0.1) is 0 Å². The van der Waals surface area contributed by atoms with Crippen molar-refractivity contribution in [3.63, 3.8) is 0 Å². The molecule has 2 saturated heterocycles. The molecule has 2 unspecified atom stereocenters. The zero-order chi connectivity index (χ0) is 12.3. The van der Waals surface area contributed by atoms with Crippen molar-refractivity contribution < 1.29 is 13.9 Å². The van der Waals surface area contributed by atoms with Gasteiger partial charge in [0.1, 0.15) is 0 Å². The Labute approximate surface area is 101 Å². The Kier molecular flexibility index (Phi) is 4.34. The van der Waals surface area contributed by atoms with Crippen LogP contribution in [0.1, 0.15) is 32.6 Å².